The van der Waals surface area contributed by atoms with Crippen molar-refractivity contribution in [1.29, 1.82) is 0 Å². The van der Waals surface area contributed by atoms with Crippen LogP contribution in [-0.2, 0) is 16.8 Å². The van der Waals surface area contributed by atoms with Crippen molar-refractivity contribution in [1.82, 2.24) is 5.32 Å². The second-order valence-corrected chi connectivity index (χ2v) is 6.64. The van der Waals surface area contributed by atoms with E-state index in [0.717, 1.165) is 41.3 Å². The monoisotopic (exact) mass is 374 g/mol. The summed E-state index contributed by atoms with van der Waals surface area (Å²) in [7, 11) is 3.27. The summed E-state index contributed by atoms with van der Waals surface area (Å²) in [6.07, 6.45) is 0.848. The van der Waals surface area contributed by atoms with Crippen LogP contribution in [0.1, 0.15) is 17.5 Å². The predicted molar refractivity (Wildman–Crippen MR) is 104 cm³/mol. The number of amides is 1. The van der Waals surface area contributed by atoms with E-state index in [0.29, 0.717) is 13.1 Å². The van der Waals surface area contributed by atoms with E-state index >= 15 is 0 Å². The molecule has 1 fully saturated rings. The first-order chi connectivity index (χ1) is 12.2. The molecule has 0 bridgehead atoms. The molecule has 2 aliphatic rings. The zero-order chi connectivity index (χ0) is 17.4. The maximum atomic E-state index is 13.3. The third-order valence-electron chi connectivity index (χ3n) is 5.27. The number of fused-ring (bicyclic) bond motifs is 2. The smallest absolute Gasteiger partial charge is 0.239 e. The molecule has 0 radical (unpaired) electrons. The van der Waals surface area contributed by atoms with Crippen LogP contribution in [0.2, 0.25) is 0 Å². The van der Waals surface area contributed by atoms with Crippen LogP contribution in [0.25, 0.3) is 0 Å². The van der Waals surface area contributed by atoms with Gasteiger partial charge in [-0.1, -0.05) is 18.2 Å². The Hall–Kier alpha value is -2.24. The van der Waals surface area contributed by atoms with E-state index in [1.165, 1.54) is 0 Å². The molecule has 1 N–H and O–H groups in total. The zero-order valence-electron chi connectivity index (χ0n) is 15.0. The van der Waals surface area contributed by atoms with Crippen molar-refractivity contribution in [2.75, 3.05) is 32.2 Å². The molecular formula is C20H23ClN2O3. The normalized spacial score (nSPS) is 20.8. The molecule has 1 spiro atoms. The summed E-state index contributed by atoms with van der Waals surface area (Å²) >= 11 is 0. The third-order valence-corrected chi connectivity index (χ3v) is 5.27. The molecule has 1 unspecified atom stereocenters. The van der Waals surface area contributed by atoms with Crippen molar-refractivity contribution in [3.8, 4) is 11.5 Å². The van der Waals surface area contributed by atoms with E-state index in [-0.39, 0.29) is 18.3 Å². The average Bonchev–Trinajstić information content (AvgIpc) is 3.23. The molecule has 4 rings (SSSR count). The van der Waals surface area contributed by atoms with E-state index in [4.69, 9.17) is 9.47 Å². The molecule has 26 heavy (non-hydrogen) atoms. The van der Waals surface area contributed by atoms with Crippen molar-refractivity contribution >= 4 is 24.0 Å². The number of para-hydroxylation sites is 1. The molecule has 2 aliphatic heterocycles. The molecule has 0 saturated carbocycles. The number of benzene rings is 2. The number of ether oxygens (including phenoxy) is 2. The maximum Gasteiger partial charge on any atom is 0.239 e. The van der Waals surface area contributed by atoms with Crippen molar-refractivity contribution in [3.63, 3.8) is 0 Å². The third kappa shape index (κ3) is 2.81. The van der Waals surface area contributed by atoms with E-state index in [1.807, 2.05) is 41.3 Å². The van der Waals surface area contributed by atoms with Gasteiger partial charge in [-0.15, -0.1) is 12.4 Å². The van der Waals surface area contributed by atoms with Crippen LogP contribution in [0.5, 0.6) is 11.5 Å². The quantitative estimate of drug-likeness (QED) is 0.894. The minimum absolute atomic E-state index is 0. The summed E-state index contributed by atoms with van der Waals surface area (Å²) in [5.74, 6) is 1.64. The number of halogens is 1. The standard InChI is InChI=1S/C20H22N2O3.ClH/c1-24-15-9-14(10-16(11-15)25-2)12-22-18-6-4-3-5-17(18)20(19(22)23)7-8-21-13-20;/h3-6,9-11,21H,7-8,12-13H2,1-2H3;1H. The molecule has 1 saturated heterocycles. The van der Waals surface area contributed by atoms with Gasteiger partial charge in [0.15, 0.2) is 0 Å². The number of anilines is 1. The summed E-state index contributed by atoms with van der Waals surface area (Å²) < 4.78 is 10.7. The molecule has 5 nitrogen and oxygen atoms in total. The molecule has 1 atom stereocenters. The fraction of sp³-hybridized carbons (Fsp3) is 0.350. The van der Waals surface area contributed by atoms with Crippen molar-refractivity contribution in [2.45, 2.75) is 18.4 Å². The summed E-state index contributed by atoms with van der Waals surface area (Å²) in [5, 5.41) is 3.36. The Morgan fingerprint density at radius 2 is 1.81 bits per heavy atom. The van der Waals surface area contributed by atoms with Gasteiger partial charge in [-0.25, -0.2) is 0 Å². The molecule has 2 heterocycles. The second kappa shape index (κ2) is 7.17. The molecular weight excluding hydrogens is 352 g/mol. The predicted octanol–water partition coefficient (Wildman–Crippen LogP) is 2.90. The SMILES string of the molecule is COc1cc(CN2C(=O)C3(CCNC3)c3ccccc32)cc(OC)c1.Cl. The summed E-state index contributed by atoms with van der Waals surface area (Å²) in [6.45, 7) is 2.09. The van der Waals surface area contributed by atoms with Crippen LogP contribution in [0.3, 0.4) is 0 Å². The molecule has 6 heteroatoms. The number of methoxy groups -OCH3 is 2. The number of carbonyl (C=O) groups excluding carboxylic acids is 1. The van der Waals surface area contributed by atoms with Gasteiger partial charge in [0.2, 0.25) is 5.91 Å². The lowest BCUT2D eigenvalue weighted by molar-refractivity contribution is -0.122. The van der Waals surface area contributed by atoms with Crippen LogP contribution < -0.4 is 19.7 Å². The minimum Gasteiger partial charge on any atom is -0.497 e. The van der Waals surface area contributed by atoms with Gasteiger partial charge in [0.1, 0.15) is 11.5 Å². The minimum atomic E-state index is -0.417. The summed E-state index contributed by atoms with van der Waals surface area (Å²) in [6, 6.07) is 13.9. The first-order valence-corrected chi connectivity index (χ1v) is 8.52. The Kier molecular flexibility index (Phi) is 5.12. The van der Waals surface area contributed by atoms with E-state index in [9.17, 15) is 4.79 Å². The largest absolute Gasteiger partial charge is 0.497 e. The molecule has 2 aromatic carbocycles. The Morgan fingerprint density at radius 1 is 1.12 bits per heavy atom. The number of carbonyl (C=O) groups is 1. The van der Waals surface area contributed by atoms with Gasteiger partial charge in [0.05, 0.1) is 26.2 Å². The topological polar surface area (TPSA) is 50.8 Å². The van der Waals surface area contributed by atoms with Gasteiger partial charge in [0, 0.05) is 18.3 Å². The number of hydrogen-bond donors (Lipinski definition) is 1. The number of rotatable bonds is 4. The van der Waals surface area contributed by atoms with Gasteiger partial charge >= 0.3 is 0 Å². The van der Waals surface area contributed by atoms with Crippen molar-refractivity contribution in [2.24, 2.45) is 0 Å². The first-order valence-electron chi connectivity index (χ1n) is 8.52. The van der Waals surface area contributed by atoms with Gasteiger partial charge in [-0.05, 0) is 42.3 Å². The number of nitrogens with one attached hydrogen (secondary N) is 1. The van der Waals surface area contributed by atoms with Gasteiger partial charge in [0.25, 0.3) is 0 Å². The van der Waals surface area contributed by atoms with Crippen LogP contribution in [0.15, 0.2) is 42.5 Å². The highest BCUT2D eigenvalue weighted by Gasteiger charge is 2.52. The fourth-order valence-corrected chi connectivity index (χ4v) is 4.00. The Morgan fingerprint density at radius 3 is 2.42 bits per heavy atom. The molecule has 0 aromatic heterocycles. The highest BCUT2D eigenvalue weighted by Crippen LogP contribution is 2.46. The fourth-order valence-electron chi connectivity index (χ4n) is 4.00. The highest BCUT2D eigenvalue weighted by molar-refractivity contribution is 6.08. The van der Waals surface area contributed by atoms with E-state index in [1.54, 1.807) is 14.2 Å². The van der Waals surface area contributed by atoms with Crippen LogP contribution in [-0.4, -0.2) is 33.2 Å². The van der Waals surface area contributed by atoms with Crippen LogP contribution >= 0.6 is 12.4 Å². The van der Waals surface area contributed by atoms with Crippen molar-refractivity contribution in [3.05, 3.63) is 53.6 Å². The highest BCUT2D eigenvalue weighted by atomic mass is 35.5. The second-order valence-electron chi connectivity index (χ2n) is 6.64. The Labute approximate surface area is 159 Å². The summed E-state index contributed by atoms with van der Waals surface area (Å²) in [4.78, 5) is 15.2. The van der Waals surface area contributed by atoms with Crippen molar-refractivity contribution < 1.29 is 14.3 Å². The Bertz CT molecular complexity index is 796. The average molecular weight is 375 g/mol. The maximum absolute atomic E-state index is 13.3. The lowest BCUT2D eigenvalue weighted by atomic mass is 9.81. The zero-order valence-corrected chi connectivity index (χ0v) is 15.8. The van der Waals surface area contributed by atoms with Crippen LogP contribution in [0.4, 0.5) is 5.69 Å². The van der Waals surface area contributed by atoms with Gasteiger partial charge in [-0.2, -0.15) is 0 Å². The van der Waals surface area contributed by atoms with Gasteiger partial charge < -0.3 is 19.7 Å². The molecule has 1 amide bonds. The van der Waals surface area contributed by atoms with E-state index in [2.05, 4.69) is 11.4 Å². The number of hydrogen-bond acceptors (Lipinski definition) is 4. The van der Waals surface area contributed by atoms with E-state index < -0.39 is 5.41 Å². The molecule has 0 aliphatic carbocycles. The Balaban J connectivity index is 0.00000196. The number of nitrogens with zero attached hydrogens (tertiary/aromatic N) is 1. The lowest BCUT2D eigenvalue weighted by Crippen LogP contribution is -2.41. The first kappa shape index (κ1) is 18.5. The molecule has 2 aromatic rings. The van der Waals surface area contributed by atoms with Gasteiger partial charge in [-0.3, -0.25) is 4.79 Å². The summed E-state index contributed by atoms with van der Waals surface area (Å²) in [5.41, 5.74) is 2.72. The lowest BCUT2D eigenvalue weighted by Gasteiger charge is -2.23. The molecule has 138 valence electrons. The van der Waals surface area contributed by atoms with Crippen LogP contribution in [0, 0.1) is 0 Å².